The molecule has 166 valence electrons. The fourth-order valence-electron chi connectivity index (χ4n) is 4.47. The average molecular weight is 432 g/mol. The van der Waals surface area contributed by atoms with Crippen molar-refractivity contribution in [3.63, 3.8) is 0 Å². The normalized spacial score (nSPS) is 21.5. The summed E-state index contributed by atoms with van der Waals surface area (Å²) in [5, 5.41) is 3.55. The van der Waals surface area contributed by atoms with Crippen LogP contribution in [0.2, 0.25) is 0 Å². The van der Waals surface area contributed by atoms with Crippen LogP contribution in [-0.4, -0.2) is 31.7 Å². The number of alkyl halides is 3. The van der Waals surface area contributed by atoms with Gasteiger partial charge in [-0.05, 0) is 61.4 Å². The fourth-order valence-corrected chi connectivity index (χ4v) is 4.47. The van der Waals surface area contributed by atoms with Crippen molar-refractivity contribution in [2.75, 3.05) is 24.7 Å². The highest BCUT2D eigenvalue weighted by atomic mass is 19.4. The van der Waals surface area contributed by atoms with Crippen LogP contribution in [0, 0.1) is 5.92 Å². The van der Waals surface area contributed by atoms with Gasteiger partial charge in [0.2, 0.25) is 5.91 Å². The van der Waals surface area contributed by atoms with Crippen molar-refractivity contribution < 1.29 is 22.7 Å². The highest BCUT2D eigenvalue weighted by molar-refractivity contribution is 5.99. The van der Waals surface area contributed by atoms with E-state index in [0.29, 0.717) is 24.6 Å². The molecule has 2 unspecified atom stereocenters. The second-order valence-electron chi connectivity index (χ2n) is 8.30. The molecular weight excluding hydrogens is 405 g/mol. The lowest BCUT2D eigenvalue weighted by molar-refractivity contribution is -0.137. The second kappa shape index (κ2) is 9.40. The van der Waals surface area contributed by atoms with Gasteiger partial charge in [0.05, 0.1) is 11.6 Å². The first-order valence-corrected chi connectivity index (χ1v) is 10.8. The first-order valence-electron chi connectivity index (χ1n) is 10.8. The number of hydrogen-bond donors (Lipinski definition) is 1. The third kappa shape index (κ3) is 5.28. The van der Waals surface area contributed by atoms with Crippen LogP contribution < -0.4 is 10.2 Å². The van der Waals surface area contributed by atoms with Crippen molar-refractivity contribution in [3.8, 4) is 0 Å². The molecule has 4 nitrogen and oxygen atoms in total. The fraction of sp³-hybridized carbons (Fsp3) is 0.458. The van der Waals surface area contributed by atoms with E-state index >= 15 is 0 Å². The van der Waals surface area contributed by atoms with Gasteiger partial charge in [-0.25, -0.2) is 0 Å². The van der Waals surface area contributed by atoms with Crippen molar-refractivity contribution in [1.82, 2.24) is 5.32 Å². The molecule has 2 aromatic rings. The summed E-state index contributed by atoms with van der Waals surface area (Å²) < 4.78 is 44.0. The number of carbonyl (C=O) groups excluding carboxylic acids is 1. The first kappa shape index (κ1) is 21.8. The first-order chi connectivity index (χ1) is 14.9. The minimum Gasteiger partial charge on any atom is -0.381 e. The predicted octanol–water partition coefficient (Wildman–Crippen LogP) is 4.96. The third-order valence-corrected chi connectivity index (χ3v) is 6.23. The number of amides is 1. The van der Waals surface area contributed by atoms with Gasteiger partial charge in [-0.2, -0.15) is 13.2 Å². The summed E-state index contributed by atoms with van der Waals surface area (Å²) in [6, 6.07) is 14.6. The Morgan fingerprint density at radius 3 is 2.32 bits per heavy atom. The Morgan fingerprint density at radius 2 is 1.68 bits per heavy atom. The SMILES string of the molecule is O=C1C(NC(CC2CCOCC2)c2ccccc2)CCN1c1ccc(C(F)(F)F)cc1. The molecule has 0 spiro atoms. The minimum atomic E-state index is -4.38. The topological polar surface area (TPSA) is 41.6 Å². The molecule has 0 bridgehead atoms. The van der Waals surface area contributed by atoms with E-state index in [-0.39, 0.29) is 18.0 Å². The van der Waals surface area contributed by atoms with Crippen molar-refractivity contribution in [2.45, 2.75) is 43.9 Å². The molecule has 2 atom stereocenters. The van der Waals surface area contributed by atoms with E-state index in [4.69, 9.17) is 4.74 Å². The van der Waals surface area contributed by atoms with E-state index in [1.54, 1.807) is 4.90 Å². The summed E-state index contributed by atoms with van der Waals surface area (Å²) in [5.74, 6) is 0.446. The lowest BCUT2D eigenvalue weighted by atomic mass is 9.89. The number of hydrogen-bond acceptors (Lipinski definition) is 3. The van der Waals surface area contributed by atoms with Crippen molar-refractivity contribution in [1.29, 1.82) is 0 Å². The zero-order chi connectivity index (χ0) is 21.8. The van der Waals surface area contributed by atoms with Gasteiger partial charge in [-0.1, -0.05) is 30.3 Å². The van der Waals surface area contributed by atoms with Gasteiger partial charge in [-0.15, -0.1) is 0 Å². The number of halogens is 3. The summed E-state index contributed by atoms with van der Waals surface area (Å²) in [5.41, 5.74) is 0.941. The second-order valence-corrected chi connectivity index (χ2v) is 8.30. The molecular formula is C24H27F3N2O2. The molecule has 0 radical (unpaired) electrons. The largest absolute Gasteiger partial charge is 0.416 e. The predicted molar refractivity (Wildman–Crippen MR) is 113 cm³/mol. The Bertz CT molecular complexity index is 865. The summed E-state index contributed by atoms with van der Waals surface area (Å²) in [6.07, 6.45) is -0.804. The Hall–Kier alpha value is -2.38. The van der Waals surface area contributed by atoms with Crippen molar-refractivity contribution >= 4 is 11.6 Å². The van der Waals surface area contributed by atoms with Crippen LogP contribution >= 0.6 is 0 Å². The number of carbonyl (C=O) groups is 1. The molecule has 0 aliphatic carbocycles. The van der Waals surface area contributed by atoms with Crippen LogP contribution in [-0.2, 0) is 15.7 Å². The van der Waals surface area contributed by atoms with E-state index in [1.807, 2.05) is 18.2 Å². The van der Waals surface area contributed by atoms with E-state index < -0.39 is 11.7 Å². The Morgan fingerprint density at radius 1 is 1.00 bits per heavy atom. The smallest absolute Gasteiger partial charge is 0.381 e. The monoisotopic (exact) mass is 432 g/mol. The van der Waals surface area contributed by atoms with Crippen molar-refractivity contribution in [2.24, 2.45) is 5.92 Å². The molecule has 31 heavy (non-hydrogen) atoms. The highest BCUT2D eigenvalue weighted by Gasteiger charge is 2.36. The number of nitrogens with zero attached hydrogens (tertiary/aromatic N) is 1. The van der Waals surface area contributed by atoms with E-state index in [0.717, 1.165) is 50.2 Å². The lowest BCUT2D eigenvalue weighted by Gasteiger charge is -2.29. The molecule has 1 amide bonds. The Kier molecular flexibility index (Phi) is 6.62. The van der Waals surface area contributed by atoms with Gasteiger partial charge in [0, 0.05) is 31.5 Å². The molecule has 2 saturated heterocycles. The van der Waals surface area contributed by atoms with E-state index in [9.17, 15) is 18.0 Å². The zero-order valence-corrected chi connectivity index (χ0v) is 17.3. The van der Waals surface area contributed by atoms with E-state index in [2.05, 4.69) is 17.4 Å². The molecule has 2 fully saturated rings. The van der Waals surface area contributed by atoms with Gasteiger partial charge >= 0.3 is 6.18 Å². The molecule has 2 heterocycles. The van der Waals surface area contributed by atoms with Crippen molar-refractivity contribution in [3.05, 3.63) is 65.7 Å². The highest BCUT2D eigenvalue weighted by Crippen LogP contribution is 2.33. The van der Waals surface area contributed by atoms with Crippen LogP contribution in [0.1, 0.15) is 42.9 Å². The maximum absolute atomic E-state index is 13.1. The van der Waals surface area contributed by atoms with Crippen LogP contribution in [0.25, 0.3) is 0 Å². The number of ether oxygens (including phenoxy) is 1. The molecule has 0 aromatic heterocycles. The average Bonchev–Trinajstić information content (AvgIpc) is 3.14. The molecule has 2 aliphatic rings. The van der Waals surface area contributed by atoms with Gasteiger partial charge in [0.25, 0.3) is 0 Å². The maximum atomic E-state index is 13.1. The Balaban J connectivity index is 1.46. The maximum Gasteiger partial charge on any atom is 0.416 e. The molecule has 2 aromatic carbocycles. The molecule has 4 rings (SSSR count). The van der Waals surface area contributed by atoms with Gasteiger partial charge in [0.15, 0.2) is 0 Å². The van der Waals surface area contributed by atoms with Crippen LogP contribution in [0.4, 0.5) is 18.9 Å². The summed E-state index contributed by atoms with van der Waals surface area (Å²) >= 11 is 0. The summed E-state index contributed by atoms with van der Waals surface area (Å²) in [7, 11) is 0. The number of benzene rings is 2. The minimum absolute atomic E-state index is 0.0470. The van der Waals surface area contributed by atoms with Gasteiger partial charge in [-0.3, -0.25) is 10.1 Å². The molecule has 7 heteroatoms. The third-order valence-electron chi connectivity index (χ3n) is 6.23. The quantitative estimate of drug-likeness (QED) is 0.702. The van der Waals surface area contributed by atoms with Gasteiger partial charge < -0.3 is 9.64 Å². The van der Waals surface area contributed by atoms with Crippen LogP contribution in [0.3, 0.4) is 0 Å². The molecule has 2 aliphatic heterocycles. The number of rotatable bonds is 6. The number of anilines is 1. The summed E-state index contributed by atoms with van der Waals surface area (Å²) in [4.78, 5) is 14.6. The lowest BCUT2D eigenvalue weighted by Crippen LogP contribution is -2.41. The summed E-state index contributed by atoms with van der Waals surface area (Å²) in [6.45, 7) is 2.03. The standard InChI is InChI=1S/C24H27F3N2O2/c25-24(26,27)19-6-8-20(9-7-19)29-13-10-21(23(29)30)28-22(18-4-2-1-3-5-18)16-17-11-14-31-15-12-17/h1-9,17,21-22,28H,10-16H2. The van der Waals surface area contributed by atoms with Crippen LogP contribution in [0.5, 0.6) is 0 Å². The van der Waals surface area contributed by atoms with E-state index in [1.165, 1.54) is 12.1 Å². The Labute approximate surface area is 180 Å². The van der Waals surface area contributed by atoms with Gasteiger partial charge in [0.1, 0.15) is 0 Å². The molecule has 1 N–H and O–H groups in total. The van der Waals surface area contributed by atoms with Crippen LogP contribution in [0.15, 0.2) is 54.6 Å². The molecule has 0 saturated carbocycles. The zero-order valence-electron chi connectivity index (χ0n) is 17.3. The number of nitrogens with one attached hydrogen (secondary N) is 1.